The maximum absolute atomic E-state index is 13.4. The molecule has 1 unspecified atom stereocenters. The minimum absolute atomic E-state index is 0.0783. The summed E-state index contributed by atoms with van der Waals surface area (Å²) >= 11 is 13.2. The molecule has 1 saturated heterocycles. The molecule has 4 rings (SSSR count). The van der Waals surface area contributed by atoms with Crippen LogP contribution in [0.5, 0.6) is 0 Å². The fourth-order valence-corrected chi connectivity index (χ4v) is 4.61. The molecule has 0 saturated carbocycles. The molecule has 3 heterocycles. The highest BCUT2D eigenvalue weighted by Gasteiger charge is 2.30. The zero-order valence-corrected chi connectivity index (χ0v) is 16.3. The second-order valence-corrected chi connectivity index (χ2v) is 8.58. The van der Waals surface area contributed by atoms with E-state index in [2.05, 4.69) is 10.1 Å². The molecular weight excluding hydrogens is 412 g/mol. The van der Waals surface area contributed by atoms with Gasteiger partial charge in [-0.15, -0.1) is 11.3 Å². The number of piperidine rings is 1. The highest BCUT2D eigenvalue weighted by atomic mass is 35.5. The van der Waals surface area contributed by atoms with Crippen LogP contribution < -0.4 is 0 Å². The molecule has 0 radical (unpaired) electrons. The van der Waals surface area contributed by atoms with Gasteiger partial charge in [-0.25, -0.2) is 4.39 Å². The van der Waals surface area contributed by atoms with Crippen LogP contribution in [-0.4, -0.2) is 34.0 Å². The number of nitrogens with zero attached hydrogens (tertiary/aromatic N) is 3. The van der Waals surface area contributed by atoms with Crippen molar-refractivity contribution in [2.75, 3.05) is 13.1 Å². The fourth-order valence-electron chi connectivity index (χ4n) is 3.17. The number of amides is 1. The Bertz CT molecular complexity index is 991. The Balaban J connectivity index is 1.52. The van der Waals surface area contributed by atoms with Crippen molar-refractivity contribution >= 4 is 40.4 Å². The normalized spacial score (nSPS) is 17.3. The quantitative estimate of drug-likeness (QED) is 0.573. The maximum atomic E-state index is 13.4. The molecule has 9 heteroatoms. The first-order valence-corrected chi connectivity index (χ1v) is 9.92. The Labute approximate surface area is 168 Å². The number of hydrogen-bond donors (Lipinski definition) is 0. The third kappa shape index (κ3) is 3.85. The number of carbonyl (C=O) groups is 1. The number of thiophene rings is 1. The van der Waals surface area contributed by atoms with E-state index in [4.69, 9.17) is 27.7 Å². The molecule has 1 fully saturated rings. The maximum Gasteiger partial charge on any atom is 0.256 e. The summed E-state index contributed by atoms with van der Waals surface area (Å²) < 4.78 is 19.7. The topological polar surface area (TPSA) is 59.2 Å². The van der Waals surface area contributed by atoms with Gasteiger partial charge in [0.25, 0.3) is 5.91 Å². The van der Waals surface area contributed by atoms with E-state index < -0.39 is 0 Å². The van der Waals surface area contributed by atoms with E-state index in [0.29, 0.717) is 44.6 Å². The minimum atomic E-state index is -0.361. The Morgan fingerprint density at radius 3 is 2.93 bits per heavy atom. The fraction of sp³-hybridized carbons (Fsp3) is 0.278. The van der Waals surface area contributed by atoms with E-state index in [1.165, 1.54) is 23.5 Å². The van der Waals surface area contributed by atoms with Gasteiger partial charge in [0.1, 0.15) is 10.2 Å². The monoisotopic (exact) mass is 425 g/mol. The average Bonchev–Trinajstić information content (AvgIpc) is 3.28. The van der Waals surface area contributed by atoms with Crippen LogP contribution >= 0.6 is 34.5 Å². The standard InChI is InChI=1S/C18H14Cl2FN3O2S/c19-14-8-13(15(20)27-14)18(25)24-6-2-4-11(9-24)17-22-16(23-26-17)10-3-1-5-12(21)7-10/h1,3,5,7-8,11H,2,4,6,9H2. The van der Waals surface area contributed by atoms with Crippen LogP contribution in [0.4, 0.5) is 4.39 Å². The van der Waals surface area contributed by atoms with Gasteiger partial charge >= 0.3 is 0 Å². The van der Waals surface area contributed by atoms with Gasteiger partial charge in [-0.1, -0.05) is 40.5 Å². The van der Waals surface area contributed by atoms with Gasteiger partial charge in [-0.05, 0) is 31.0 Å². The molecule has 0 spiro atoms. The molecule has 1 atom stereocenters. The molecule has 1 aromatic carbocycles. The molecule has 1 amide bonds. The smallest absolute Gasteiger partial charge is 0.256 e. The number of rotatable bonds is 3. The van der Waals surface area contributed by atoms with Crippen molar-refractivity contribution in [3.05, 3.63) is 56.3 Å². The van der Waals surface area contributed by atoms with Crippen LogP contribution in [0, 0.1) is 5.82 Å². The van der Waals surface area contributed by atoms with Crippen LogP contribution in [0.2, 0.25) is 8.67 Å². The van der Waals surface area contributed by atoms with Crippen LogP contribution in [0.1, 0.15) is 35.0 Å². The van der Waals surface area contributed by atoms with Gasteiger partial charge in [0.15, 0.2) is 0 Å². The zero-order chi connectivity index (χ0) is 19.0. The van der Waals surface area contributed by atoms with Gasteiger partial charge in [-0.2, -0.15) is 4.98 Å². The van der Waals surface area contributed by atoms with Crippen molar-refractivity contribution in [2.45, 2.75) is 18.8 Å². The molecule has 3 aromatic rings. The molecule has 1 aliphatic rings. The van der Waals surface area contributed by atoms with Crippen molar-refractivity contribution in [2.24, 2.45) is 0 Å². The minimum Gasteiger partial charge on any atom is -0.339 e. The number of hydrogen-bond acceptors (Lipinski definition) is 5. The molecule has 2 aromatic heterocycles. The summed E-state index contributed by atoms with van der Waals surface area (Å²) in [7, 11) is 0. The van der Waals surface area contributed by atoms with Crippen LogP contribution in [0.25, 0.3) is 11.4 Å². The summed E-state index contributed by atoms with van der Waals surface area (Å²) in [5, 5.41) is 3.96. The Hall–Kier alpha value is -1.96. The third-order valence-electron chi connectivity index (χ3n) is 4.47. The lowest BCUT2D eigenvalue weighted by atomic mass is 9.97. The highest BCUT2D eigenvalue weighted by Crippen LogP contribution is 2.34. The predicted molar refractivity (Wildman–Crippen MR) is 102 cm³/mol. The van der Waals surface area contributed by atoms with Crippen LogP contribution in [-0.2, 0) is 0 Å². The van der Waals surface area contributed by atoms with Crippen molar-refractivity contribution in [3.63, 3.8) is 0 Å². The van der Waals surface area contributed by atoms with Gasteiger partial charge in [0.2, 0.25) is 11.7 Å². The lowest BCUT2D eigenvalue weighted by Crippen LogP contribution is -2.39. The van der Waals surface area contributed by atoms with Gasteiger partial charge in [-0.3, -0.25) is 4.79 Å². The van der Waals surface area contributed by atoms with Crippen molar-refractivity contribution in [1.82, 2.24) is 15.0 Å². The van der Waals surface area contributed by atoms with Gasteiger partial charge < -0.3 is 9.42 Å². The molecule has 1 aliphatic heterocycles. The van der Waals surface area contributed by atoms with Crippen molar-refractivity contribution in [3.8, 4) is 11.4 Å². The van der Waals surface area contributed by atoms with Gasteiger partial charge in [0, 0.05) is 18.7 Å². The second-order valence-electron chi connectivity index (χ2n) is 6.29. The lowest BCUT2D eigenvalue weighted by Gasteiger charge is -2.30. The first-order chi connectivity index (χ1) is 13.0. The molecular formula is C18H14Cl2FN3O2S. The molecule has 5 nitrogen and oxygen atoms in total. The molecule has 0 bridgehead atoms. The van der Waals surface area contributed by atoms with E-state index in [9.17, 15) is 9.18 Å². The summed E-state index contributed by atoms with van der Waals surface area (Å²) in [6.45, 7) is 1.08. The number of aromatic nitrogens is 2. The van der Waals surface area contributed by atoms with E-state index >= 15 is 0 Å². The number of carbonyl (C=O) groups excluding carboxylic acids is 1. The van der Waals surface area contributed by atoms with Crippen LogP contribution in [0.3, 0.4) is 0 Å². The highest BCUT2D eigenvalue weighted by molar-refractivity contribution is 7.20. The summed E-state index contributed by atoms with van der Waals surface area (Å²) in [6, 6.07) is 7.62. The number of halogens is 3. The number of benzene rings is 1. The summed E-state index contributed by atoms with van der Waals surface area (Å²) in [5.74, 6) is 0.185. The third-order valence-corrected chi connectivity index (χ3v) is 5.96. The van der Waals surface area contributed by atoms with Crippen molar-refractivity contribution < 1.29 is 13.7 Å². The molecule has 140 valence electrons. The Morgan fingerprint density at radius 1 is 1.33 bits per heavy atom. The second kappa shape index (κ2) is 7.58. The predicted octanol–water partition coefficient (Wildman–Crippen LogP) is 5.26. The Morgan fingerprint density at radius 2 is 2.19 bits per heavy atom. The lowest BCUT2D eigenvalue weighted by molar-refractivity contribution is 0.0696. The van der Waals surface area contributed by atoms with Crippen molar-refractivity contribution in [1.29, 1.82) is 0 Å². The molecule has 0 aliphatic carbocycles. The van der Waals surface area contributed by atoms with E-state index in [1.54, 1.807) is 23.1 Å². The van der Waals surface area contributed by atoms with E-state index in [1.807, 2.05) is 0 Å². The first kappa shape index (κ1) is 18.4. The van der Waals surface area contributed by atoms with E-state index in [0.717, 1.165) is 12.8 Å². The first-order valence-electron chi connectivity index (χ1n) is 8.35. The largest absolute Gasteiger partial charge is 0.339 e. The summed E-state index contributed by atoms with van der Waals surface area (Å²) in [6.07, 6.45) is 1.64. The zero-order valence-electron chi connectivity index (χ0n) is 14.0. The number of likely N-dealkylation sites (tertiary alicyclic amines) is 1. The van der Waals surface area contributed by atoms with Crippen LogP contribution in [0.15, 0.2) is 34.9 Å². The molecule has 27 heavy (non-hydrogen) atoms. The molecule has 0 N–H and O–H groups in total. The van der Waals surface area contributed by atoms with Gasteiger partial charge in [0.05, 0.1) is 15.8 Å². The Kier molecular flexibility index (Phi) is 5.16. The summed E-state index contributed by atoms with van der Waals surface area (Å²) in [4.78, 5) is 18.9. The van der Waals surface area contributed by atoms with E-state index in [-0.39, 0.29) is 17.6 Å². The SMILES string of the molecule is O=C(c1cc(Cl)sc1Cl)N1CCCC(c2nc(-c3cccc(F)c3)no2)C1. The average molecular weight is 426 g/mol. The summed E-state index contributed by atoms with van der Waals surface area (Å²) in [5.41, 5.74) is 0.965.